The quantitative estimate of drug-likeness (QED) is 0.636. The van der Waals surface area contributed by atoms with Crippen LogP contribution >= 0.6 is 0 Å². The molecule has 1 heterocycles. The van der Waals surface area contributed by atoms with E-state index in [1.165, 1.54) is 7.05 Å². The Kier molecular flexibility index (Phi) is 3.02. The lowest BCUT2D eigenvalue weighted by molar-refractivity contribution is -0.128. The van der Waals surface area contributed by atoms with Crippen molar-refractivity contribution in [2.75, 3.05) is 7.05 Å². The van der Waals surface area contributed by atoms with Gasteiger partial charge in [-0.25, -0.2) is 0 Å². The third kappa shape index (κ3) is 2.55. The highest BCUT2D eigenvalue weighted by molar-refractivity contribution is 5.80. The zero-order valence-corrected chi connectivity index (χ0v) is 7.69. The molecule has 0 saturated carbocycles. The average molecular weight is 183 g/mol. The van der Waals surface area contributed by atoms with Gasteiger partial charge in [0.25, 0.3) is 0 Å². The molecule has 0 aromatic carbocycles. The van der Waals surface area contributed by atoms with Crippen molar-refractivity contribution in [3.63, 3.8) is 0 Å². The van der Waals surface area contributed by atoms with Crippen LogP contribution in [-0.2, 0) is 18.3 Å². The Bertz CT molecular complexity index is 295. The summed E-state index contributed by atoms with van der Waals surface area (Å²) in [6, 6.07) is 1.77. The fourth-order valence-electron chi connectivity index (χ4n) is 1.03. The maximum absolute atomic E-state index is 10.9. The smallest absolute Gasteiger partial charge is 0.248 e. The first-order valence-electron chi connectivity index (χ1n) is 4.01. The summed E-state index contributed by atoms with van der Waals surface area (Å²) in [5.41, 5.74) is 0.707. The van der Waals surface area contributed by atoms with E-state index in [1.807, 2.05) is 0 Å². The highest BCUT2D eigenvalue weighted by Gasteiger charge is 2.14. The first kappa shape index (κ1) is 9.73. The summed E-state index contributed by atoms with van der Waals surface area (Å²) in [5.74, 6) is -0.384. The molecule has 1 aromatic heterocycles. The normalized spacial score (nSPS) is 12.5. The lowest BCUT2D eigenvalue weighted by Crippen LogP contribution is -2.33. The van der Waals surface area contributed by atoms with Crippen molar-refractivity contribution in [3.05, 3.63) is 18.0 Å². The zero-order valence-electron chi connectivity index (χ0n) is 7.69. The maximum atomic E-state index is 10.9. The Balaban J connectivity index is 2.54. The molecule has 1 amide bonds. The molecule has 13 heavy (non-hydrogen) atoms. The van der Waals surface area contributed by atoms with Gasteiger partial charge in [0.1, 0.15) is 6.10 Å². The van der Waals surface area contributed by atoms with Gasteiger partial charge in [0.05, 0.1) is 5.69 Å². The summed E-state index contributed by atoms with van der Waals surface area (Å²) >= 11 is 0. The minimum Gasteiger partial charge on any atom is -0.383 e. The summed E-state index contributed by atoms with van der Waals surface area (Å²) in [4.78, 5) is 10.9. The molecule has 5 nitrogen and oxygen atoms in total. The molecule has 0 saturated heterocycles. The topological polar surface area (TPSA) is 67.2 Å². The van der Waals surface area contributed by atoms with E-state index in [0.29, 0.717) is 5.69 Å². The van der Waals surface area contributed by atoms with Crippen LogP contribution < -0.4 is 5.32 Å². The highest BCUT2D eigenvalue weighted by atomic mass is 16.3. The number of hydrogen-bond donors (Lipinski definition) is 2. The van der Waals surface area contributed by atoms with Crippen molar-refractivity contribution in [2.45, 2.75) is 12.5 Å². The van der Waals surface area contributed by atoms with Crippen molar-refractivity contribution < 1.29 is 9.90 Å². The Morgan fingerprint density at radius 1 is 1.85 bits per heavy atom. The van der Waals surface area contributed by atoms with Crippen LogP contribution in [0, 0.1) is 0 Å². The van der Waals surface area contributed by atoms with Crippen LogP contribution in [-0.4, -0.2) is 33.9 Å². The number of carbonyl (C=O) groups is 1. The molecule has 0 radical (unpaired) electrons. The van der Waals surface area contributed by atoms with Crippen LogP contribution in [0.5, 0.6) is 0 Å². The maximum Gasteiger partial charge on any atom is 0.248 e. The fourth-order valence-corrected chi connectivity index (χ4v) is 1.03. The molecule has 1 aromatic rings. The molecule has 0 fully saturated rings. The molecule has 2 N–H and O–H groups in total. The Labute approximate surface area is 76.4 Å². The van der Waals surface area contributed by atoms with Crippen LogP contribution in [0.15, 0.2) is 12.3 Å². The number of nitrogens with zero attached hydrogens (tertiary/aromatic N) is 2. The largest absolute Gasteiger partial charge is 0.383 e. The van der Waals surface area contributed by atoms with Crippen LogP contribution in [0.2, 0.25) is 0 Å². The van der Waals surface area contributed by atoms with Crippen molar-refractivity contribution >= 4 is 5.91 Å². The number of hydrogen-bond acceptors (Lipinski definition) is 3. The summed E-state index contributed by atoms with van der Waals surface area (Å²) in [7, 11) is 3.28. The van der Waals surface area contributed by atoms with Gasteiger partial charge >= 0.3 is 0 Å². The Morgan fingerprint density at radius 2 is 2.54 bits per heavy atom. The van der Waals surface area contributed by atoms with Gasteiger partial charge in [-0.15, -0.1) is 0 Å². The summed E-state index contributed by atoms with van der Waals surface area (Å²) in [6.07, 6.45) is 1.01. The molecule has 0 bridgehead atoms. The minimum absolute atomic E-state index is 0.251. The van der Waals surface area contributed by atoms with Crippen molar-refractivity contribution in [3.8, 4) is 0 Å². The van der Waals surface area contributed by atoms with Crippen molar-refractivity contribution in [1.29, 1.82) is 0 Å². The number of aromatic nitrogens is 2. The molecule has 0 aliphatic heterocycles. The van der Waals surface area contributed by atoms with Gasteiger partial charge in [-0.2, -0.15) is 5.10 Å². The number of aliphatic hydroxyl groups is 1. The average Bonchev–Trinajstić information content (AvgIpc) is 2.49. The number of likely N-dealkylation sites (N-methyl/N-ethyl adjacent to an activating group) is 1. The summed E-state index contributed by atoms with van der Waals surface area (Å²) in [5, 5.41) is 15.7. The second kappa shape index (κ2) is 4.04. The molecule has 5 heteroatoms. The lowest BCUT2D eigenvalue weighted by atomic mass is 10.2. The first-order valence-corrected chi connectivity index (χ1v) is 4.01. The second-order valence-electron chi connectivity index (χ2n) is 2.81. The molecule has 1 unspecified atom stereocenters. The second-order valence-corrected chi connectivity index (χ2v) is 2.81. The number of aliphatic hydroxyl groups excluding tert-OH is 1. The molecular formula is C8H13N3O2. The monoisotopic (exact) mass is 183 g/mol. The third-order valence-electron chi connectivity index (χ3n) is 1.72. The van der Waals surface area contributed by atoms with Gasteiger partial charge in [0, 0.05) is 26.7 Å². The Hall–Kier alpha value is -1.36. The van der Waals surface area contributed by atoms with Gasteiger partial charge in [0.2, 0.25) is 5.91 Å². The lowest BCUT2D eigenvalue weighted by Gasteiger charge is -2.05. The zero-order chi connectivity index (χ0) is 9.84. The van der Waals surface area contributed by atoms with Crippen molar-refractivity contribution in [1.82, 2.24) is 15.1 Å². The van der Waals surface area contributed by atoms with E-state index in [4.69, 9.17) is 0 Å². The predicted octanol–water partition coefficient (Wildman–Crippen LogP) is -0.931. The van der Waals surface area contributed by atoms with Crippen LogP contribution in [0.3, 0.4) is 0 Å². The summed E-state index contributed by atoms with van der Waals surface area (Å²) in [6.45, 7) is 0. The van der Waals surface area contributed by atoms with E-state index in [0.717, 1.165) is 0 Å². The fraction of sp³-hybridized carbons (Fsp3) is 0.500. The molecular weight excluding hydrogens is 170 g/mol. The molecule has 0 aliphatic carbocycles. The van der Waals surface area contributed by atoms with Gasteiger partial charge in [-0.05, 0) is 6.07 Å². The van der Waals surface area contributed by atoms with Gasteiger partial charge in [-0.1, -0.05) is 0 Å². The summed E-state index contributed by atoms with van der Waals surface area (Å²) < 4.78 is 1.63. The molecule has 72 valence electrons. The van der Waals surface area contributed by atoms with E-state index in [-0.39, 0.29) is 12.3 Å². The van der Waals surface area contributed by atoms with Crippen molar-refractivity contribution in [2.24, 2.45) is 7.05 Å². The van der Waals surface area contributed by atoms with Crippen LogP contribution in [0.4, 0.5) is 0 Å². The number of rotatable bonds is 3. The van der Waals surface area contributed by atoms with Gasteiger partial charge < -0.3 is 10.4 Å². The molecule has 1 atom stereocenters. The number of amides is 1. The standard InChI is InChI=1S/C8H13N3O2/c1-9-8(13)7(12)5-6-3-4-11(2)10-6/h3-4,7,12H,5H2,1-2H3,(H,9,13). The number of aryl methyl sites for hydroxylation is 1. The van der Waals surface area contributed by atoms with Gasteiger partial charge in [0.15, 0.2) is 0 Å². The minimum atomic E-state index is -1.01. The van der Waals surface area contributed by atoms with Gasteiger partial charge in [-0.3, -0.25) is 9.48 Å². The van der Waals surface area contributed by atoms with E-state index < -0.39 is 6.10 Å². The number of carbonyl (C=O) groups excluding carboxylic acids is 1. The molecule has 0 aliphatic rings. The van der Waals surface area contributed by atoms with Crippen LogP contribution in [0.1, 0.15) is 5.69 Å². The number of nitrogens with one attached hydrogen (secondary N) is 1. The Morgan fingerprint density at radius 3 is 3.00 bits per heavy atom. The van der Waals surface area contributed by atoms with E-state index in [9.17, 15) is 9.90 Å². The van der Waals surface area contributed by atoms with E-state index >= 15 is 0 Å². The third-order valence-corrected chi connectivity index (χ3v) is 1.72. The highest BCUT2D eigenvalue weighted by Crippen LogP contribution is 1.99. The molecule has 1 rings (SSSR count). The van der Waals surface area contributed by atoms with Crippen LogP contribution in [0.25, 0.3) is 0 Å². The predicted molar refractivity (Wildman–Crippen MR) is 47.0 cm³/mol. The van der Waals surface area contributed by atoms with E-state index in [2.05, 4.69) is 10.4 Å². The molecule has 0 spiro atoms. The van der Waals surface area contributed by atoms with E-state index in [1.54, 1.807) is 24.0 Å². The SMILES string of the molecule is CNC(=O)C(O)Cc1ccn(C)n1. The first-order chi connectivity index (χ1) is 6.13.